The van der Waals surface area contributed by atoms with Crippen molar-refractivity contribution in [1.82, 2.24) is 0 Å². The average molecular weight is 353 g/mol. The van der Waals surface area contributed by atoms with Gasteiger partial charge in [0.1, 0.15) is 5.71 Å². The van der Waals surface area contributed by atoms with E-state index in [2.05, 4.69) is 10.1 Å². The Morgan fingerprint density at radius 3 is 2.56 bits per heavy atom. The third kappa shape index (κ3) is 3.80. The fraction of sp³-hybridized carbons (Fsp3) is 0.556. The molecule has 0 radical (unpaired) electrons. The van der Waals surface area contributed by atoms with Crippen molar-refractivity contribution in [2.75, 3.05) is 12.1 Å². The normalized spacial score (nSPS) is 27.6. The predicted molar refractivity (Wildman–Crippen MR) is 92.1 cm³/mol. The Hall–Kier alpha value is -2.05. The molecule has 0 spiro atoms. The number of rotatable bonds is 2. The van der Waals surface area contributed by atoms with Gasteiger partial charge in [0.2, 0.25) is 0 Å². The maximum atomic E-state index is 13.3. The van der Waals surface area contributed by atoms with Crippen molar-refractivity contribution in [2.45, 2.75) is 50.9 Å². The van der Waals surface area contributed by atoms with Crippen molar-refractivity contribution in [3.8, 4) is 0 Å². The third-order valence-corrected chi connectivity index (χ3v) is 4.92. The zero-order valence-electron chi connectivity index (χ0n) is 14.3. The van der Waals surface area contributed by atoms with Gasteiger partial charge in [-0.25, -0.2) is 0 Å². The molecular weight excluding hydrogens is 331 g/mol. The van der Waals surface area contributed by atoms with E-state index in [0.717, 1.165) is 19.3 Å². The van der Waals surface area contributed by atoms with E-state index in [-0.39, 0.29) is 24.4 Å². The molecule has 7 heteroatoms. The molecule has 2 aliphatic rings. The summed E-state index contributed by atoms with van der Waals surface area (Å²) in [6.07, 6.45) is -2.14. The molecule has 0 amide bonds. The van der Waals surface area contributed by atoms with E-state index in [1.165, 1.54) is 5.01 Å². The fourth-order valence-electron chi connectivity index (χ4n) is 3.65. The maximum Gasteiger partial charge on any atom is 0.431 e. The van der Waals surface area contributed by atoms with Crippen LogP contribution in [0.1, 0.15) is 32.6 Å². The molecule has 0 fully saturated rings. The SMILES string of the molecule is COC1=NC(C)C(C2CC(C(F)(F)F)=NN2c2ccccc2)CCC1. The van der Waals surface area contributed by atoms with Crippen LogP contribution in [0.3, 0.4) is 0 Å². The maximum absolute atomic E-state index is 13.3. The lowest BCUT2D eigenvalue weighted by atomic mass is 9.86. The highest BCUT2D eigenvalue weighted by molar-refractivity contribution is 5.93. The van der Waals surface area contributed by atoms with Gasteiger partial charge in [-0.15, -0.1) is 0 Å². The lowest BCUT2D eigenvalue weighted by molar-refractivity contribution is -0.0601. The van der Waals surface area contributed by atoms with Crippen molar-refractivity contribution in [3.05, 3.63) is 30.3 Å². The molecule has 3 atom stereocenters. The second-order valence-corrected chi connectivity index (χ2v) is 6.52. The third-order valence-electron chi connectivity index (χ3n) is 4.92. The highest BCUT2D eigenvalue weighted by atomic mass is 19.4. The minimum Gasteiger partial charge on any atom is -0.484 e. The number of benzene rings is 1. The Labute approximate surface area is 145 Å². The topological polar surface area (TPSA) is 37.2 Å². The van der Waals surface area contributed by atoms with Crippen molar-refractivity contribution in [2.24, 2.45) is 16.0 Å². The summed E-state index contributed by atoms with van der Waals surface area (Å²) in [6.45, 7) is 1.95. The molecule has 136 valence electrons. The van der Waals surface area contributed by atoms with Gasteiger partial charge in [0.15, 0.2) is 5.90 Å². The van der Waals surface area contributed by atoms with Crippen LogP contribution in [0.4, 0.5) is 18.9 Å². The second kappa shape index (κ2) is 7.06. The summed E-state index contributed by atoms with van der Waals surface area (Å²) in [7, 11) is 1.59. The molecule has 0 bridgehead atoms. The molecule has 25 heavy (non-hydrogen) atoms. The number of para-hydroxylation sites is 1. The lowest BCUT2D eigenvalue weighted by Gasteiger charge is -2.32. The summed E-state index contributed by atoms with van der Waals surface area (Å²) in [4.78, 5) is 4.57. The van der Waals surface area contributed by atoms with Crippen LogP contribution in [-0.4, -0.2) is 37.0 Å². The number of nitrogens with zero attached hydrogens (tertiary/aromatic N) is 3. The summed E-state index contributed by atoms with van der Waals surface area (Å²) in [6, 6.07) is 8.58. The Morgan fingerprint density at radius 2 is 1.92 bits per heavy atom. The first-order valence-corrected chi connectivity index (χ1v) is 8.49. The fourth-order valence-corrected chi connectivity index (χ4v) is 3.65. The molecule has 0 saturated carbocycles. The van der Waals surface area contributed by atoms with Crippen LogP contribution in [0, 0.1) is 5.92 Å². The number of halogens is 3. The Kier molecular flexibility index (Phi) is 5.01. The van der Waals surface area contributed by atoms with Crippen LogP contribution in [0.25, 0.3) is 0 Å². The van der Waals surface area contributed by atoms with E-state index >= 15 is 0 Å². The van der Waals surface area contributed by atoms with Gasteiger partial charge in [-0.1, -0.05) is 18.2 Å². The molecule has 4 nitrogen and oxygen atoms in total. The van der Waals surface area contributed by atoms with Crippen molar-refractivity contribution in [1.29, 1.82) is 0 Å². The molecule has 1 aromatic carbocycles. The quantitative estimate of drug-likeness (QED) is 0.789. The zero-order chi connectivity index (χ0) is 18.0. The molecule has 2 aliphatic heterocycles. The van der Waals surface area contributed by atoms with E-state index in [1.807, 2.05) is 25.1 Å². The predicted octanol–water partition coefficient (Wildman–Crippen LogP) is 4.42. The van der Waals surface area contributed by atoms with Crippen LogP contribution in [0.5, 0.6) is 0 Å². The van der Waals surface area contributed by atoms with Gasteiger partial charge >= 0.3 is 6.18 Å². The number of alkyl halides is 3. The summed E-state index contributed by atoms with van der Waals surface area (Å²) in [5.41, 5.74) is -0.0344. The minimum absolute atomic E-state index is 0.0172. The molecular formula is C18H22F3N3O. The first kappa shape index (κ1) is 17.8. The molecule has 0 aromatic heterocycles. The number of methoxy groups -OCH3 is 1. The van der Waals surface area contributed by atoms with Crippen LogP contribution in [-0.2, 0) is 4.74 Å². The lowest BCUT2D eigenvalue weighted by Crippen LogP contribution is -2.39. The highest BCUT2D eigenvalue weighted by Crippen LogP contribution is 2.38. The molecule has 3 rings (SSSR count). The first-order chi connectivity index (χ1) is 11.9. The largest absolute Gasteiger partial charge is 0.484 e. The molecule has 2 heterocycles. The Balaban J connectivity index is 1.92. The van der Waals surface area contributed by atoms with Crippen LogP contribution >= 0.6 is 0 Å². The van der Waals surface area contributed by atoms with Crippen LogP contribution in [0.2, 0.25) is 0 Å². The molecule has 0 aliphatic carbocycles. The Bertz CT molecular complexity index is 657. The first-order valence-electron chi connectivity index (χ1n) is 8.49. The molecule has 0 saturated heterocycles. The van der Waals surface area contributed by atoms with E-state index in [0.29, 0.717) is 11.6 Å². The minimum atomic E-state index is -4.41. The second-order valence-electron chi connectivity index (χ2n) is 6.52. The van der Waals surface area contributed by atoms with Crippen molar-refractivity contribution in [3.63, 3.8) is 0 Å². The highest BCUT2D eigenvalue weighted by Gasteiger charge is 2.46. The van der Waals surface area contributed by atoms with Gasteiger partial charge < -0.3 is 4.74 Å². The van der Waals surface area contributed by atoms with Gasteiger partial charge in [0.25, 0.3) is 0 Å². The molecule has 0 N–H and O–H groups in total. The summed E-state index contributed by atoms with van der Waals surface area (Å²) < 4.78 is 45.1. The number of hydrogen-bond donors (Lipinski definition) is 0. The molecule has 1 aromatic rings. The summed E-state index contributed by atoms with van der Waals surface area (Å²) >= 11 is 0. The average Bonchev–Trinajstić information content (AvgIpc) is 2.95. The van der Waals surface area contributed by atoms with E-state index in [4.69, 9.17) is 4.74 Å². The van der Waals surface area contributed by atoms with E-state index in [1.54, 1.807) is 19.2 Å². The zero-order valence-corrected chi connectivity index (χ0v) is 14.3. The van der Waals surface area contributed by atoms with E-state index < -0.39 is 11.9 Å². The summed E-state index contributed by atoms with van der Waals surface area (Å²) in [5, 5.41) is 5.47. The number of aliphatic imine (C=N–C) groups is 1. The number of ether oxygens (including phenoxy) is 1. The molecule has 3 unspecified atom stereocenters. The van der Waals surface area contributed by atoms with Crippen LogP contribution < -0.4 is 5.01 Å². The number of hydrogen-bond acceptors (Lipinski definition) is 4. The van der Waals surface area contributed by atoms with Gasteiger partial charge in [-0.3, -0.25) is 10.0 Å². The van der Waals surface area contributed by atoms with Gasteiger partial charge in [0.05, 0.1) is 24.9 Å². The Morgan fingerprint density at radius 1 is 1.20 bits per heavy atom. The van der Waals surface area contributed by atoms with Crippen LogP contribution in [0.15, 0.2) is 40.4 Å². The van der Waals surface area contributed by atoms with Gasteiger partial charge in [-0.2, -0.15) is 18.3 Å². The number of anilines is 1. The van der Waals surface area contributed by atoms with Crippen molar-refractivity contribution < 1.29 is 17.9 Å². The van der Waals surface area contributed by atoms with Crippen molar-refractivity contribution >= 4 is 17.3 Å². The number of hydrazone groups is 1. The smallest absolute Gasteiger partial charge is 0.431 e. The van der Waals surface area contributed by atoms with E-state index in [9.17, 15) is 13.2 Å². The monoisotopic (exact) mass is 353 g/mol. The van der Waals surface area contributed by atoms with Gasteiger partial charge in [-0.05, 0) is 31.9 Å². The summed E-state index contributed by atoms with van der Waals surface area (Å²) in [5.74, 6) is 0.660. The van der Waals surface area contributed by atoms with Gasteiger partial charge in [0, 0.05) is 18.8 Å². The standard InChI is InChI=1S/C18H22F3N3O/c1-12-14(9-6-10-17(22-12)25-2)15-11-16(18(19,20)21)23-24(15)13-7-4-3-5-8-13/h3-5,7-8,12,14-15H,6,9-11H2,1-2H3.